The van der Waals surface area contributed by atoms with E-state index in [1.165, 1.54) is 0 Å². The Morgan fingerprint density at radius 1 is 0.955 bits per heavy atom. The smallest absolute Gasteiger partial charge is 0.338 e. The zero-order valence-electron chi connectivity index (χ0n) is 12.8. The molecule has 1 N–H and O–H groups in total. The lowest BCUT2D eigenvalue weighted by atomic mass is 10.1. The van der Waals surface area contributed by atoms with Gasteiger partial charge in [0.25, 0.3) is 5.91 Å². The largest absolute Gasteiger partial charge is 0.462 e. The fourth-order valence-corrected chi connectivity index (χ4v) is 2.12. The Morgan fingerprint density at radius 2 is 1.59 bits per heavy atom. The Hall–Kier alpha value is -2.62. The molecule has 0 atom stereocenters. The summed E-state index contributed by atoms with van der Waals surface area (Å²) in [5.41, 5.74) is 2.83. The summed E-state index contributed by atoms with van der Waals surface area (Å²) >= 11 is 0. The normalized spacial score (nSPS) is 10.1. The third kappa shape index (κ3) is 3.73. The van der Waals surface area contributed by atoms with E-state index in [2.05, 4.69) is 5.32 Å². The van der Waals surface area contributed by atoms with E-state index in [0.717, 1.165) is 17.7 Å². The van der Waals surface area contributed by atoms with Gasteiger partial charge in [0.1, 0.15) is 0 Å². The Labute approximate surface area is 130 Å². The van der Waals surface area contributed by atoms with Crippen LogP contribution < -0.4 is 5.32 Å². The van der Waals surface area contributed by atoms with Crippen LogP contribution in [0.15, 0.2) is 48.5 Å². The number of nitrogens with one attached hydrogen (secondary N) is 1. The average Bonchev–Trinajstić information content (AvgIpc) is 2.55. The van der Waals surface area contributed by atoms with Crippen molar-refractivity contribution < 1.29 is 14.3 Å². The van der Waals surface area contributed by atoms with E-state index in [1.807, 2.05) is 31.2 Å². The molecule has 2 aromatic carbocycles. The molecule has 4 nitrogen and oxygen atoms in total. The lowest BCUT2D eigenvalue weighted by molar-refractivity contribution is 0.0526. The van der Waals surface area contributed by atoms with E-state index >= 15 is 0 Å². The van der Waals surface area contributed by atoms with Gasteiger partial charge in [-0.15, -0.1) is 0 Å². The topological polar surface area (TPSA) is 55.4 Å². The van der Waals surface area contributed by atoms with E-state index < -0.39 is 0 Å². The fourth-order valence-electron chi connectivity index (χ4n) is 2.12. The molecule has 0 aliphatic heterocycles. The van der Waals surface area contributed by atoms with E-state index in [1.54, 1.807) is 31.2 Å². The Bertz CT molecular complexity index is 662. The number of carbonyl (C=O) groups excluding carboxylic acids is 2. The summed E-state index contributed by atoms with van der Waals surface area (Å²) < 4.78 is 4.91. The van der Waals surface area contributed by atoms with Gasteiger partial charge in [-0.2, -0.15) is 0 Å². The molecular formula is C18H19NO3. The molecule has 22 heavy (non-hydrogen) atoms. The molecule has 0 fully saturated rings. The number of carbonyl (C=O) groups is 2. The highest BCUT2D eigenvalue weighted by Crippen LogP contribution is 2.17. The highest BCUT2D eigenvalue weighted by Gasteiger charge is 2.10. The average molecular weight is 297 g/mol. The van der Waals surface area contributed by atoms with Crippen LogP contribution in [-0.2, 0) is 11.2 Å². The van der Waals surface area contributed by atoms with E-state index in [-0.39, 0.29) is 11.9 Å². The molecular weight excluding hydrogens is 278 g/mol. The van der Waals surface area contributed by atoms with Gasteiger partial charge in [0.05, 0.1) is 12.2 Å². The van der Waals surface area contributed by atoms with Gasteiger partial charge in [-0.3, -0.25) is 4.79 Å². The van der Waals surface area contributed by atoms with Crippen molar-refractivity contribution in [3.05, 3.63) is 65.2 Å². The van der Waals surface area contributed by atoms with Gasteiger partial charge in [0.2, 0.25) is 0 Å². The second-order valence-corrected chi connectivity index (χ2v) is 4.76. The van der Waals surface area contributed by atoms with Crippen LogP contribution in [-0.4, -0.2) is 18.5 Å². The number of benzene rings is 2. The maximum atomic E-state index is 12.3. The number of rotatable bonds is 5. The first-order valence-electron chi connectivity index (χ1n) is 7.32. The minimum atomic E-state index is -0.384. The number of hydrogen-bond acceptors (Lipinski definition) is 3. The first kappa shape index (κ1) is 15.8. The summed E-state index contributed by atoms with van der Waals surface area (Å²) in [7, 11) is 0. The molecule has 4 heteroatoms. The number of para-hydroxylation sites is 1. The highest BCUT2D eigenvalue weighted by atomic mass is 16.5. The van der Waals surface area contributed by atoms with Crippen molar-refractivity contribution in [2.24, 2.45) is 0 Å². The lowest BCUT2D eigenvalue weighted by Gasteiger charge is -2.10. The van der Waals surface area contributed by atoms with Crippen LogP contribution in [0.4, 0.5) is 5.69 Å². The van der Waals surface area contributed by atoms with Crippen LogP contribution in [0.3, 0.4) is 0 Å². The second-order valence-electron chi connectivity index (χ2n) is 4.76. The molecule has 0 aromatic heterocycles. The summed E-state index contributed by atoms with van der Waals surface area (Å²) in [6.45, 7) is 4.12. The van der Waals surface area contributed by atoms with Crippen molar-refractivity contribution in [2.45, 2.75) is 20.3 Å². The van der Waals surface area contributed by atoms with Gasteiger partial charge >= 0.3 is 5.97 Å². The molecule has 0 radical (unpaired) electrons. The molecule has 0 heterocycles. The monoisotopic (exact) mass is 297 g/mol. The number of aryl methyl sites for hydroxylation is 1. The van der Waals surface area contributed by atoms with Crippen LogP contribution in [0.2, 0.25) is 0 Å². The van der Waals surface area contributed by atoms with Crippen molar-refractivity contribution >= 4 is 17.6 Å². The van der Waals surface area contributed by atoms with Crippen molar-refractivity contribution in [3.63, 3.8) is 0 Å². The molecule has 0 aliphatic rings. The maximum absolute atomic E-state index is 12.3. The Kier molecular flexibility index (Phi) is 5.31. The molecule has 114 valence electrons. The number of ether oxygens (including phenoxy) is 1. The summed E-state index contributed by atoms with van der Waals surface area (Å²) in [6, 6.07) is 14.1. The minimum absolute atomic E-state index is 0.198. The number of anilines is 1. The predicted molar refractivity (Wildman–Crippen MR) is 86.2 cm³/mol. The first-order chi connectivity index (χ1) is 10.7. The molecule has 0 spiro atoms. The maximum Gasteiger partial charge on any atom is 0.338 e. The molecule has 2 rings (SSSR count). The van der Waals surface area contributed by atoms with E-state index in [0.29, 0.717) is 17.7 Å². The third-order valence-electron chi connectivity index (χ3n) is 3.30. The van der Waals surface area contributed by atoms with Gasteiger partial charge < -0.3 is 10.1 Å². The number of esters is 1. The van der Waals surface area contributed by atoms with Crippen LogP contribution in [0.1, 0.15) is 40.1 Å². The lowest BCUT2D eigenvalue weighted by Crippen LogP contribution is -2.13. The summed E-state index contributed by atoms with van der Waals surface area (Å²) in [5.74, 6) is -0.581. The summed E-state index contributed by atoms with van der Waals surface area (Å²) in [6.07, 6.45) is 0.845. The molecule has 1 amide bonds. The first-order valence-corrected chi connectivity index (χ1v) is 7.32. The Morgan fingerprint density at radius 3 is 2.23 bits per heavy atom. The number of amides is 1. The van der Waals surface area contributed by atoms with Gasteiger partial charge in [0, 0.05) is 11.3 Å². The standard InChI is InChI=1S/C18H19NO3/c1-3-13-7-5-6-8-16(13)19-17(20)14-9-11-15(12-10-14)18(21)22-4-2/h5-12H,3-4H2,1-2H3,(H,19,20). The summed E-state index contributed by atoms with van der Waals surface area (Å²) in [5, 5.41) is 2.90. The molecule has 2 aromatic rings. The highest BCUT2D eigenvalue weighted by molar-refractivity contribution is 6.05. The zero-order chi connectivity index (χ0) is 15.9. The molecule has 0 bridgehead atoms. The van der Waals surface area contributed by atoms with Crippen LogP contribution in [0.5, 0.6) is 0 Å². The molecule has 0 saturated heterocycles. The fraction of sp³-hybridized carbons (Fsp3) is 0.222. The van der Waals surface area contributed by atoms with Gasteiger partial charge in [-0.25, -0.2) is 4.79 Å². The van der Waals surface area contributed by atoms with Crippen molar-refractivity contribution in [3.8, 4) is 0 Å². The third-order valence-corrected chi connectivity index (χ3v) is 3.30. The van der Waals surface area contributed by atoms with Crippen LogP contribution in [0.25, 0.3) is 0 Å². The van der Waals surface area contributed by atoms with E-state index in [9.17, 15) is 9.59 Å². The van der Waals surface area contributed by atoms with E-state index in [4.69, 9.17) is 4.74 Å². The molecule has 0 aliphatic carbocycles. The van der Waals surface area contributed by atoms with Crippen LogP contribution >= 0.6 is 0 Å². The minimum Gasteiger partial charge on any atom is -0.462 e. The zero-order valence-corrected chi connectivity index (χ0v) is 12.8. The predicted octanol–water partition coefficient (Wildman–Crippen LogP) is 3.68. The van der Waals surface area contributed by atoms with Crippen molar-refractivity contribution in [2.75, 3.05) is 11.9 Å². The van der Waals surface area contributed by atoms with Gasteiger partial charge in [-0.1, -0.05) is 25.1 Å². The quantitative estimate of drug-likeness (QED) is 0.857. The SMILES string of the molecule is CCOC(=O)c1ccc(C(=O)Nc2ccccc2CC)cc1. The van der Waals surface area contributed by atoms with Crippen LogP contribution in [0, 0.1) is 0 Å². The summed E-state index contributed by atoms with van der Waals surface area (Å²) in [4.78, 5) is 23.8. The number of hydrogen-bond donors (Lipinski definition) is 1. The van der Waals surface area contributed by atoms with Crippen molar-refractivity contribution in [1.82, 2.24) is 0 Å². The second kappa shape index (κ2) is 7.41. The van der Waals surface area contributed by atoms with Crippen molar-refractivity contribution in [1.29, 1.82) is 0 Å². The van der Waals surface area contributed by atoms with Gasteiger partial charge in [-0.05, 0) is 49.2 Å². The Balaban J connectivity index is 2.11. The van der Waals surface area contributed by atoms with Gasteiger partial charge in [0.15, 0.2) is 0 Å². The molecule has 0 unspecified atom stereocenters. The molecule has 0 saturated carbocycles.